The van der Waals surface area contributed by atoms with Crippen LogP contribution in [-0.2, 0) is 9.53 Å². The van der Waals surface area contributed by atoms with Crippen molar-refractivity contribution in [3.63, 3.8) is 0 Å². The van der Waals surface area contributed by atoms with Crippen molar-refractivity contribution in [2.24, 2.45) is 0 Å². The van der Waals surface area contributed by atoms with Crippen LogP contribution >= 0.6 is 0 Å². The average Bonchev–Trinajstić information content (AvgIpc) is 2.61. The number of nitrogens with one attached hydrogen (secondary N) is 1. The Labute approximate surface area is 143 Å². The van der Waals surface area contributed by atoms with E-state index in [1.807, 2.05) is 0 Å². The summed E-state index contributed by atoms with van der Waals surface area (Å²) in [6.45, 7) is 0. The Morgan fingerprint density at radius 1 is 1.04 bits per heavy atom. The average molecular weight is 349 g/mol. The SMILES string of the molecule is COC(=O)C[C@@H](NC(=O)c1c(F)cccc1F)c1ccc(OC)cc1. The molecule has 0 aliphatic rings. The smallest absolute Gasteiger partial charge is 0.307 e. The summed E-state index contributed by atoms with van der Waals surface area (Å²) in [6.07, 6.45) is -0.190. The van der Waals surface area contributed by atoms with Gasteiger partial charge in [0.2, 0.25) is 0 Å². The summed E-state index contributed by atoms with van der Waals surface area (Å²) in [6, 6.07) is 8.91. The third-order valence-corrected chi connectivity index (χ3v) is 3.61. The summed E-state index contributed by atoms with van der Waals surface area (Å²) in [4.78, 5) is 23.9. The van der Waals surface area contributed by atoms with Gasteiger partial charge in [0, 0.05) is 0 Å². The lowest BCUT2D eigenvalue weighted by Gasteiger charge is -2.19. The first-order chi connectivity index (χ1) is 12.0. The second-order valence-corrected chi connectivity index (χ2v) is 5.18. The van der Waals surface area contributed by atoms with Crippen molar-refractivity contribution in [2.75, 3.05) is 14.2 Å². The quantitative estimate of drug-likeness (QED) is 0.815. The normalized spacial score (nSPS) is 11.5. The fourth-order valence-electron chi connectivity index (χ4n) is 2.28. The van der Waals surface area contributed by atoms with Gasteiger partial charge in [0.05, 0.1) is 26.7 Å². The molecule has 25 heavy (non-hydrogen) atoms. The third kappa shape index (κ3) is 4.53. The van der Waals surface area contributed by atoms with Crippen LogP contribution in [-0.4, -0.2) is 26.1 Å². The predicted molar refractivity (Wildman–Crippen MR) is 86.2 cm³/mol. The zero-order valence-electron chi connectivity index (χ0n) is 13.7. The minimum absolute atomic E-state index is 0.190. The van der Waals surface area contributed by atoms with E-state index < -0.39 is 35.1 Å². The van der Waals surface area contributed by atoms with Gasteiger partial charge in [-0.05, 0) is 29.8 Å². The van der Waals surface area contributed by atoms with Crippen LogP contribution in [0.5, 0.6) is 5.75 Å². The molecule has 0 unspecified atom stereocenters. The maximum absolute atomic E-state index is 13.8. The number of esters is 1. The lowest BCUT2D eigenvalue weighted by Crippen LogP contribution is -2.31. The van der Waals surface area contributed by atoms with Gasteiger partial charge in [0.1, 0.15) is 22.9 Å². The van der Waals surface area contributed by atoms with Crippen molar-refractivity contribution in [1.82, 2.24) is 5.32 Å². The maximum Gasteiger partial charge on any atom is 0.307 e. The number of methoxy groups -OCH3 is 2. The highest BCUT2D eigenvalue weighted by Crippen LogP contribution is 2.22. The van der Waals surface area contributed by atoms with Gasteiger partial charge < -0.3 is 14.8 Å². The van der Waals surface area contributed by atoms with E-state index in [1.54, 1.807) is 24.3 Å². The summed E-state index contributed by atoms with van der Waals surface area (Å²) < 4.78 is 37.2. The van der Waals surface area contributed by atoms with Crippen LogP contribution in [0.15, 0.2) is 42.5 Å². The Kier molecular flexibility index (Phi) is 6.05. The van der Waals surface area contributed by atoms with E-state index in [2.05, 4.69) is 10.1 Å². The molecular formula is C18H17F2NO4. The summed E-state index contributed by atoms with van der Waals surface area (Å²) in [5.41, 5.74) is -0.137. The molecule has 0 bridgehead atoms. The molecule has 0 aliphatic heterocycles. The summed E-state index contributed by atoms with van der Waals surface area (Å²) in [7, 11) is 2.72. The summed E-state index contributed by atoms with van der Waals surface area (Å²) in [5.74, 6) is -2.91. The van der Waals surface area contributed by atoms with Crippen molar-refractivity contribution < 1.29 is 27.8 Å². The van der Waals surface area contributed by atoms with Crippen LogP contribution in [0.3, 0.4) is 0 Å². The van der Waals surface area contributed by atoms with E-state index in [4.69, 9.17) is 4.74 Å². The number of carbonyl (C=O) groups excluding carboxylic acids is 2. The van der Waals surface area contributed by atoms with Crippen molar-refractivity contribution in [1.29, 1.82) is 0 Å². The van der Waals surface area contributed by atoms with E-state index in [1.165, 1.54) is 14.2 Å². The molecule has 1 N–H and O–H groups in total. The zero-order valence-corrected chi connectivity index (χ0v) is 13.7. The molecule has 132 valence electrons. The van der Waals surface area contributed by atoms with Gasteiger partial charge in [0.15, 0.2) is 0 Å². The Bertz CT molecular complexity index is 742. The van der Waals surface area contributed by atoms with Gasteiger partial charge in [-0.15, -0.1) is 0 Å². The molecule has 0 saturated carbocycles. The fourth-order valence-corrected chi connectivity index (χ4v) is 2.28. The van der Waals surface area contributed by atoms with Crippen molar-refractivity contribution in [2.45, 2.75) is 12.5 Å². The first-order valence-electron chi connectivity index (χ1n) is 7.42. The lowest BCUT2D eigenvalue weighted by atomic mass is 10.0. The van der Waals surface area contributed by atoms with Crippen molar-refractivity contribution in [3.05, 3.63) is 65.2 Å². The Morgan fingerprint density at radius 2 is 1.64 bits per heavy atom. The number of ether oxygens (including phenoxy) is 2. The molecule has 1 atom stereocenters. The van der Waals surface area contributed by atoms with Crippen molar-refractivity contribution in [3.8, 4) is 5.75 Å². The summed E-state index contributed by atoms with van der Waals surface area (Å²) >= 11 is 0. The number of carbonyl (C=O) groups is 2. The van der Waals surface area contributed by atoms with Gasteiger partial charge in [-0.1, -0.05) is 18.2 Å². The molecule has 0 heterocycles. The molecular weight excluding hydrogens is 332 g/mol. The monoisotopic (exact) mass is 349 g/mol. The standard InChI is InChI=1S/C18H17F2NO4/c1-24-12-8-6-11(7-9-12)15(10-16(22)25-2)21-18(23)17-13(19)4-3-5-14(17)20/h3-9,15H,10H2,1-2H3,(H,21,23)/t15-/m1/s1. The van der Waals surface area contributed by atoms with Crippen LogP contribution < -0.4 is 10.1 Å². The molecule has 7 heteroatoms. The minimum Gasteiger partial charge on any atom is -0.497 e. The predicted octanol–water partition coefficient (Wildman–Crippen LogP) is 3.01. The molecule has 2 aromatic carbocycles. The molecule has 0 radical (unpaired) electrons. The van der Waals surface area contributed by atoms with Crippen LogP contribution in [0.25, 0.3) is 0 Å². The second kappa shape index (κ2) is 8.23. The van der Waals surface area contributed by atoms with Crippen LogP contribution in [0, 0.1) is 11.6 Å². The van der Waals surface area contributed by atoms with Crippen LogP contribution in [0.4, 0.5) is 8.78 Å². The van der Waals surface area contributed by atoms with Crippen LogP contribution in [0.1, 0.15) is 28.4 Å². The van der Waals surface area contributed by atoms with Crippen LogP contribution in [0.2, 0.25) is 0 Å². The van der Waals surface area contributed by atoms with E-state index in [0.29, 0.717) is 11.3 Å². The van der Waals surface area contributed by atoms with Gasteiger partial charge in [0.25, 0.3) is 5.91 Å². The highest BCUT2D eigenvalue weighted by Gasteiger charge is 2.23. The highest BCUT2D eigenvalue weighted by atomic mass is 19.1. The van der Waals surface area contributed by atoms with E-state index in [-0.39, 0.29) is 6.42 Å². The van der Waals surface area contributed by atoms with Gasteiger partial charge in [-0.3, -0.25) is 9.59 Å². The largest absolute Gasteiger partial charge is 0.497 e. The van der Waals surface area contributed by atoms with Gasteiger partial charge >= 0.3 is 5.97 Å². The number of benzene rings is 2. The molecule has 0 fully saturated rings. The lowest BCUT2D eigenvalue weighted by molar-refractivity contribution is -0.141. The Hall–Kier alpha value is -2.96. The Morgan fingerprint density at radius 3 is 2.16 bits per heavy atom. The number of halogens is 2. The first kappa shape index (κ1) is 18.4. The fraction of sp³-hybridized carbons (Fsp3) is 0.222. The van der Waals surface area contributed by atoms with E-state index in [0.717, 1.165) is 18.2 Å². The molecule has 1 amide bonds. The number of rotatable bonds is 6. The van der Waals surface area contributed by atoms with E-state index in [9.17, 15) is 18.4 Å². The maximum atomic E-state index is 13.8. The van der Waals surface area contributed by atoms with E-state index >= 15 is 0 Å². The second-order valence-electron chi connectivity index (χ2n) is 5.18. The molecule has 0 spiro atoms. The van der Waals surface area contributed by atoms with Crippen molar-refractivity contribution >= 4 is 11.9 Å². The highest BCUT2D eigenvalue weighted by molar-refractivity contribution is 5.95. The number of hydrogen-bond donors (Lipinski definition) is 1. The third-order valence-electron chi connectivity index (χ3n) is 3.61. The minimum atomic E-state index is -0.982. The molecule has 2 aromatic rings. The topological polar surface area (TPSA) is 64.6 Å². The molecule has 0 aromatic heterocycles. The molecule has 0 aliphatic carbocycles. The zero-order chi connectivity index (χ0) is 18.4. The Balaban J connectivity index is 2.29. The molecule has 0 saturated heterocycles. The van der Waals surface area contributed by atoms with Gasteiger partial charge in [-0.25, -0.2) is 8.78 Å². The summed E-state index contributed by atoms with van der Waals surface area (Å²) in [5, 5.41) is 2.47. The molecule has 2 rings (SSSR count). The first-order valence-corrected chi connectivity index (χ1v) is 7.42. The number of amides is 1. The number of hydrogen-bond acceptors (Lipinski definition) is 4. The van der Waals surface area contributed by atoms with Gasteiger partial charge in [-0.2, -0.15) is 0 Å². The molecule has 5 nitrogen and oxygen atoms in total.